The summed E-state index contributed by atoms with van der Waals surface area (Å²) in [5.41, 5.74) is 0.484. The van der Waals surface area contributed by atoms with E-state index in [1.807, 2.05) is 6.92 Å². The lowest BCUT2D eigenvalue weighted by molar-refractivity contribution is -0.384. The van der Waals surface area contributed by atoms with Crippen LogP contribution in [-0.2, 0) is 4.79 Å². The van der Waals surface area contributed by atoms with Crippen molar-refractivity contribution in [3.8, 4) is 0 Å². The fraction of sp³-hybridized carbons (Fsp3) is 0.455. The zero-order valence-corrected chi connectivity index (χ0v) is 10.2. The van der Waals surface area contributed by atoms with E-state index >= 15 is 0 Å². The van der Waals surface area contributed by atoms with Crippen LogP contribution in [0.5, 0.6) is 0 Å². The van der Waals surface area contributed by atoms with Crippen LogP contribution in [0.4, 0.5) is 11.5 Å². The molecule has 1 unspecified atom stereocenters. The zero-order chi connectivity index (χ0) is 13.7. The topological polar surface area (TPSA) is 105 Å². The minimum absolute atomic E-state index is 0.108. The van der Waals surface area contributed by atoms with Crippen molar-refractivity contribution in [1.82, 2.24) is 4.98 Å². The lowest BCUT2D eigenvalue weighted by Crippen LogP contribution is -2.23. The molecule has 0 saturated carbocycles. The lowest BCUT2D eigenvalue weighted by atomic mass is 10.1. The number of nitro groups is 1. The molecule has 0 fully saturated rings. The van der Waals surface area contributed by atoms with Crippen LogP contribution in [0.15, 0.2) is 12.1 Å². The first kappa shape index (κ1) is 13.9. The van der Waals surface area contributed by atoms with Gasteiger partial charge in [-0.25, -0.2) is 4.98 Å². The Morgan fingerprint density at radius 3 is 2.78 bits per heavy atom. The van der Waals surface area contributed by atoms with Gasteiger partial charge in [-0.1, -0.05) is 6.92 Å². The van der Waals surface area contributed by atoms with Crippen LogP contribution in [0.1, 0.15) is 25.5 Å². The SMILES string of the molecule is CCC(CC(=O)O)Nc1nc(C)ccc1[N+](=O)[O-]. The first-order valence-corrected chi connectivity index (χ1v) is 5.54. The average Bonchev–Trinajstić information content (AvgIpc) is 2.27. The number of carboxylic acids is 1. The molecule has 0 aliphatic heterocycles. The minimum Gasteiger partial charge on any atom is -0.481 e. The third kappa shape index (κ3) is 3.69. The lowest BCUT2D eigenvalue weighted by Gasteiger charge is -2.15. The second-order valence-corrected chi connectivity index (χ2v) is 3.92. The number of pyridine rings is 1. The Labute approximate surface area is 104 Å². The molecule has 0 aliphatic rings. The predicted molar refractivity (Wildman–Crippen MR) is 65.6 cm³/mol. The van der Waals surface area contributed by atoms with E-state index in [1.165, 1.54) is 6.07 Å². The van der Waals surface area contributed by atoms with E-state index in [2.05, 4.69) is 10.3 Å². The first-order valence-electron chi connectivity index (χ1n) is 5.54. The van der Waals surface area contributed by atoms with Crippen molar-refractivity contribution < 1.29 is 14.8 Å². The van der Waals surface area contributed by atoms with Gasteiger partial charge in [0.15, 0.2) is 0 Å². The molecule has 0 amide bonds. The van der Waals surface area contributed by atoms with Crippen molar-refractivity contribution in [3.63, 3.8) is 0 Å². The number of carbonyl (C=O) groups is 1. The van der Waals surface area contributed by atoms with Gasteiger partial charge in [0.25, 0.3) is 0 Å². The maximum atomic E-state index is 10.8. The highest BCUT2D eigenvalue weighted by Gasteiger charge is 2.19. The first-order chi connectivity index (χ1) is 8.43. The fourth-order valence-corrected chi connectivity index (χ4v) is 1.50. The van der Waals surface area contributed by atoms with E-state index in [1.54, 1.807) is 13.0 Å². The molecule has 0 aliphatic carbocycles. The van der Waals surface area contributed by atoms with Crippen LogP contribution in [-0.4, -0.2) is 27.0 Å². The summed E-state index contributed by atoms with van der Waals surface area (Å²) in [4.78, 5) is 25.0. The normalized spacial score (nSPS) is 11.9. The highest BCUT2D eigenvalue weighted by Crippen LogP contribution is 2.23. The highest BCUT2D eigenvalue weighted by molar-refractivity contribution is 5.68. The van der Waals surface area contributed by atoms with Crippen molar-refractivity contribution in [3.05, 3.63) is 27.9 Å². The van der Waals surface area contributed by atoms with Crippen LogP contribution in [0.2, 0.25) is 0 Å². The molecule has 7 nitrogen and oxygen atoms in total. The van der Waals surface area contributed by atoms with Gasteiger partial charge in [-0.3, -0.25) is 14.9 Å². The van der Waals surface area contributed by atoms with Crippen molar-refractivity contribution in [1.29, 1.82) is 0 Å². The van der Waals surface area contributed by atoms with Crippen molar-refractivity contribution >= 4 is 17.5 Å². The summed E-state index contributed by atoms with van der Waals surface area (Å²) in [5.74, 6) is -0.835. The van der Waals surface area contributed by atoms with Gasteiger partial charge < -0.3 is 10.4 Å². The van der Waals surface area contributed by atoms with E-state index in [9.17, 15) is 14.9 Å². The van der Waals surface area contributed by atoms with Crippen LogP contribution in [0.3, 0.4) is 0 Å². The molecule has 1 aromatic heterocycles. The van der Waals surface area contributed by atoms with Crippen LogP contribution in [0.25, 0.3) is 0 Å². The number of aliphatic carboxylic acids is 1. The summed E-state index contributed by atoms with van der Waals surface area (Å²) in [6, 6.07) is 2.52. The van der Waals surface area contributed by atoms with Crippen LogP contribution < -0.4 is 5.32 Å². The Kier molecular flexibility index (Phi) is 4.59. The average molecular weight is 253 g/mol. The predicted octanol–water partition coefficient (Wildman–Crippen LogP) is 1.96. The number of hydrogen-bond donors (Lipinski definition) is 2. The quantitative estimate of drug-likeness (QED) is 0.593. The molecule has 0 aromatic carbocycles. The second-order valence-electron chi connectivity index (χ2n) is 3.92. The van der Waals surface area contributed by atoms with Gasteiger partial charge in [0, 0.05) is 17.8 Å². The molecular formula is C11H15N3O4. The molecule has 18 heavy (non-hydrogen) atoms. The summed E-state index contributed by atoms with van der Waals surface area (Å²) in [7, 11) is 0. The monoisotopic (exact) mass is 253 g/mol. The molecule has 1 aromatic rings. The highest BCUT2D eigenvalue weighted by atomic mass is 16.6. The molecule has 1 atom stereocenters. The third-order valence-electron chi connectivity index (χ3n) is 2.46. The van der Waals surface area contributed by atoms with E-state index < -0.39 is 10.9 Å². The summed E-state index contributed by atoms with van der Waals surface area (Å²) in [6.45, 7) is 3.52. The van der Waals surface area contributed by atoms with Crippen molar-refractivity contribution in [2.45, 2.75) is 32.7 Å². The van der Waals surface area contributed by atoms with Crippen molar-refractivity contribution in [2.24, 2.45) is 0 Å². The second kappa shape index (κ2) is 5.95. The summed E-state index contributed by atoms with van der Waals surface area (Å²) >= 11 is 0. The van der Waals surface area contributed by atoms with E-state index in [4.69, 9.17) is 5.11 Å². The third-order valence-corrected chi connectivity index (χ3v) is 2.46. The smallest absolute Gasteiger partial charge is 0.311 e. The Bertz CT molecular complexity index is 462. The zero-order valence-electron chi connectivity index (χ0n) is 10.2. The molecule has 0 spiro atoms. The van der Waals surface area contributed by atoms with E-state index in [-0.39, 0.29) is 24.0 Å². The summed E-state index contributed by atoms with van der Waals surface area (Å²) in [5, 5.41) is 22.4. The van der Waals surface area contributed by atoms with E-state index in [0.717, 1.165) is 0 Å². The number of carboxylic acid groups (broad SMARTS) is 1. The fourth-order valence-electron chi connectivity index (χ4n) is 1.50. The Morgan fingerprint density at radius 1 is 1.61 bits per heavy atom. The molecule has 0 radical (unpaired) electrons. The Morgan fingerprint density at radius 2 is 2.28 bits per heavy atom. The number of aryl methyl sites for hydroxylation is 1. The summed E-state index contributed by atoms with van der Waals surface area (Å²) in [6.07, 6.45) is 0.433. The number of nitrogens with one attached hydrogen (secondary N) is 1. The standard InChI is InChI=1S/C11H15N3O4/c1-3-8(6-10(15)16)13-11-9(14(17)18)5-4-7(2)12-11/h4-5,8H,3,6H2,1-2H3,(H,12,13)(H,15,16). The Balaban J connectivity index is 2.96. The number of rotatable bonds is 6. The molecule has 0 saturated heterocycles. The van der Waals surface area contributed by atoms with Gasteiger partial charge in [-0.2, -0.15) is 0 Å². The van der Waals surface area contributed by atoms with Crippen LogP contribution in [0, 0.1) is 17.0 Å². The molecule has 1 rings (SSSR count). The van der Waals surface area contributed by atoms with Gasteiger partial charge in [0.1, 0.15) is 0 Å². The maximum absolute atomic E-state index is 10.8. The molecule has 1 heterocycles. The minimum atomic E-state index is -0.954. The number of hydrogen-bond acceptors (Lipinski definition) is 5. The van der Waals surface area contributed by atoms with Gasteiger partial charge >= 0.3 is 11.7 Å². The van der Waals surface area contributed by atoms with Gasteiger partial charge in [0.2, 0.25) is 5.82 Å². The van der Waals surface area contributed by atoms with Gasteiger partial charge in [0.05, 0.1) is 11.3 Å². The molecule has 2 N–H and O–H groups in total. The Hall–Kier alpha value is -2.18. The number of nitrogens with zero attached hydrogens (tertiary/aromatic N) is 2. The van der Waals surface area contributed by atoms with Crippen LogP contribution >= 0.6 is 0 Å². The van der Waals surface area contributed by atoms with Crippen molar-refractivity contribution in [2.75, 3.05) is 5.32 Å². The molecule has 7 heteroatoms. The van der Waals surface area contributed by atoms with E-state index in [0.29, 0.717) is 12.1 Å². The number of anilines is 1. The van der Waals surface area contributed by atoms with Gasteiger partial charge in [-0.05, 0) is 19.4 Å². The number of aromatic nitrogens is 1. The molecular weight excluding hydrogens is 238 g/mol. The molecule has 98 valence electrons. The van der Waals surface area contributed by atoms with Gasteiger partial charge in [-0.15, -0.1) is 0 Å². The molecule has 0 bridgehead atoms. The summed E-state index contributed by atoms with van der Waals surface area (Å²) < 4.78 is 0. The maximum Gasteiger partial charge on any atom is 0.311 e. The largest absolute Gasteiger partial charge is 0.481 e.